The van der Waals surface area contributed by atoms with Crippen molar-refractivity contribution >= 4 is 28.2 Å². The molecule has 0 spiro atoms. The van der Waals surface area contributed by atoms with Crippen molar-refractivity contribution in [1.82, 2.24) is 10.3 Å². The lowest BCUT2D eigenvalue weighted by atomic mass is 9.93. The fourth-order valence-electron chi connectivity index (χ4n) is 2.10. The summed E-state index contributed by atoms with van der Waals surface area (Å²) >= 11 is 1.32. The summed E-state index contributed by atoms with van der Waals surface area (Å²) < 4.78 is 5.14. The first kappa shape index (κ1) is 16.0. The number of thiazole rings is 1. The highest BCUT2D eigenvalue weighted by molar-refractivity contribution is 7.18. The van der Waals surface area contributed by atoms with E-state index in [0.717, 1.165) is 18.0 Å². The normalized spacial score (nSPS) is 16.6. The summed E-state index contributed by atoms with van der Waals surface area (Å²) in [7, 11) is 1.63. The number of hydrogen-bond acceptors (Lipinski definition) is 6. The molecule has 21 heavy (non-hydrogen) atoms. The molecule has 2 rings (SSSR count). The van der Waals surface area contributed by atoms with Gasteiger partial charge >= 0.3 is 0 Å². The van der Waals surface area contributed by atoms with Crippen LogP contribution in [0, 0.1) is 5.92 Å². The highest BCUT2D eigenvalue weighted by Gasteiger charge is 2.23. The van der Waals surface area contributed by atoms with Crippen molar-refractivity contribution in [3.8, 4) is 0 Å². The van der Waals surface area contributed by atoms with Crippen LogP contribution in [0.5, 0.6) is 0 Å². The number of nitrogens with zero attached hydrogens (tertiary/aromatic N) is 1. The number of anilines is 2. The lowest BCUT2D eigenvalue weighted by molar-refractivity contribution is 0.0871. The molecule has 1 amide bonds. The van der Waals surface area contributed by atoms with E-state index < -0.39 is 0 Å². The molecule has 1 aliphatic rings. The molecule has 6 nitrogen and oxygen atoms in total. The second-order valence-electron chi connectivity index (χ2n) is 5.78. The molecule has 0 aliphatic heterocycles. The van der Waals surface area contributed by atoms with Crippen molar-refractivity contribution < 1.29 is 9.53 Å². The van der Waals surface area contributed by atoms with Crippen LogP contribution in [0.2, 0.25) is 0 Å². The molecule has 1 atom stereocenters. The Hall–Kier alpha value is -1.34. The van der Waals surface area contributed by atoms with Crippen LogP contribution in [-0.2, 0) is 4.74 Å². The molecule has 1 aliphatic carbocycles. The first-order valence-corrected chi connectivity index (χ1v) is 8.15. The van der Waals surface area contributed by atoms with Crippen molar-refractivity contribution in [2.45, 2.75) is 45.2 Å². The standard InChI is InChI=1S/C14H24N4O2S/c1-8(2)10(7-20-3)17-13(19)11-12(15)18-14(21-11)16-9-5-4-6-9/h8-10H,4-7,15H2,1-3H3,(H,16,18)(H,17,19). The number of aromatic nitrogens is 1. The van der Waals surface area contributed by atoms with Gasteiger partial charge < -0.3 is 21.1 Å². The van der Waals surface area contributed by atoms with Crippen LogP contribution in [0.3, 0.4) is 0 Å². The fourth-order valence-corrected chi connectivity index (χ4v) is 2.96. The Morgan fingerprint density at radius 2 is 2.24 bits per heavy atom. The molecule has 1 saturated carbocycles. The summed E-state index contributed by atoms with van der Waals surface area (Å²) in [6, 6.07) is 0.440. The number of methoxy groups -OCH3 is 1. The molecule has 1 aromatic heterocycles. The van der Waals surface area contributed by atoms with Crippen LogP contribution in [0.25, 0.3) is 0 Å². The number of nitrogens with one attached hydrogen (secondary N) is 2. The zero-order valence-corrected chi connectivity index (χ0v) is 13.6. The quantitative estimate of drug-likeness (QED) is 0.717. The van der Waals surface area contributed by atoms with Crippen molar-refractivity contribution in [2.75, 3.05) is 24.8 Å². The minimum absolute atomic E-state index is 0.0351. The monoisotopic (exact) mass is 312 g/mol. The van der Waals surface area contributed by atoms with Gasteiger partial charge in [-0.1, -0.05) is 25.2 Å². The molecular formula is C14H24N4O2S. The molecule has 4 N–H and O–H groups in total. The highest BCUT2D eigenvalue weighted by Crippen LogP contribution is 2.29. The molecular weight excluding hydrogens is 288 g/mol. The lowest BCUT2D eigenvalue weighted by Crippen LogP contribution is -2.41. The maximum Gasteiger partial charge on any atom is 0.265 e. The number of carbonyl (C=O) groups is 1. The number of rotatable bonds is 7. The van der Waals surface area contributed by atoms with Gasteiger partial charge in [0, 0.05) is 13.2 Å². The van der Waals surface area contributed by atoms with Crippen LogP contribution >= 0.6 is 11.3 Å². The first-order valence-electron chi connectivity index (χ1n) is 7.34. The van der Waals surface area contributed by atoms with Crippen molar-refractivity contribution in [3.63, 3.8) is 0 Å². The van der Waals surface area contributed by atoms with Crippen LogP contribution < -0.4 is 16.4 Å². The minimum Gasteiger partial charge on any atom is -0.383 e. The lowest BCUT2D eigenvalue weighted by Gasteiger charge is -2.25. The highest BCUT2D eigenvalue weighted by atomic mass is 32.1. The zero-order chi connectivity index (χ0) is 15.4. The van der Waals surface area contributed by atoms with E-state index in [1.54, 1.807) is 7.11 Å². The van der Waals surface area contributed by atoms with Crippen LogP contribution in [-0.4, -0.2) is 36.7 Å². The van der Waals surface area contributed by atoms with Gasteiger partial charge in [0.05, 0.1) is 12.6 Å². The predicted octanol–water partition coefficient (Wildman–Crippen LogP) is 2.09. The maximum atomic E-state index is 12.3. The third-order valence-electron chi connectivity index (χ3n) is 3.76. The van der Waals surface area contributed by atoms with Gasteiger partial charge in [0.25, 0.3) is 5.91 Å². The molecule has 118 valence electrons. The summed E-state index contributed by atoms with van der Waals surface area (Å²) in [5.74, 6) is 0.400. The van der Waals surface area contributed by atoms with Gasteiger partial charge in [-0.15, -0.1) is 0 Å². The first-order chi connectivity index (χ1) is 10.0. The summed E-state index contributed by atoms with van der Waals surface area (Å²) in [4.78, 5) is 17.0. The minimum atomic E-state index is -0.178. The predicted molar refractivity (Wildman–Crippen MR) is 85.8 cm³/mol. The van der Waals surface area contributed by atoms with E-state index in [1.165, 1.54) is 17.8 Å². The van der Waals surface area contributed by atoms with Gasteiger partial charge in [-0.3, -0.25) is 4.79 Å². The van der Waals surface area contributed by atoms with Gasteiger partial charge in [0.1, 0.15) is 10.7 Å². The van der Waals surface area contributed by atoms with Gasteiger partial charge in [0.15, 0.2) is 5.13 Å². The van der Waals surface area contributed by atoms with E-state index in [-0.39, 0.29) is 17.9 Å². The summed E-state index contributed by atoms with van der Waals surface area (Å²) in [6.45, 7) is 4.57. The second kappa shape index (κ2) is 7.09. The number of hydrogen-bond donors (Lipinski definition) is 3. The molecule has 1 aromatic rings. The molecule has 0 aromatic carbocycles. The van der Waals surface area contributed by atoms with Gasteiger partial charge in [0.2, 0.25) is 0 Å². The van der Waals surface area contributed by atoms with E-state index in [1.807, 2.05) is 13.8 Å². The van der Waals surface area contributed by atoms with E-state index in [4.69, 9.17) is 10.5 Å². The summed E-state index contributed by atoms with van der Waals surface area (Å²) in [5.41, 5.74) is 5.87. The summed E-state index contributed by atoms with van der Waals surface area (Å²) in [6.07, 6.45) is 3.56. The molecule has 1 unspecified atom stereocenters. The Balaban J connectivity index is 2.00. The van der Waals surface area contributed by atoms with Crippen LogP contribution in [0.15, 0.2) is 0 Å². The van der Waals surface area contributed by atoms with Crippen LogP contribution in [0.4, 0.5) is 10.9 Å². The number of nitrogens with two attached hydrogens (primary N) is 1. The average Bonchev–Trinajstić information content (AvgIpc) is 2.74. The maximum absolute atomic E-state index is 12.3. The Morgan fingerprint density at radius 1 is 1.52 bits per heavy atom. The number of ether oxygens (including phenoxy) is 1. The van der Waals surface area contributed by atoms with Crippen molar-refractivity contribution in [1.29, 1.82) is 0 Å². The SMILES string of the molecule is COCC(NC(=O)c1sc(NC2CCC2)nc1N)C(C)C. The molecule has 1 heterocycles. The second-order valence-corrected chi connectivity index (χ2v) is 6.78. The summed E-state index contributed by atoms with van der Waals surface area (Å²) in [5, 5.41) is 7.02. The van der Waals surface area contributed by atoms with E-state index >= 15 is 0 Å². The molecule has 1 fully saturated rings. The number of amides is 1. The number of carbonyl (C=O) groups excluding carboxylic acids is 1. The molecule has 0 bridgehead atoms. The molecule has 7 heteroatoms. The molecule has 0 saturated heterocycles. The smallest absolute Gasteiger partial charge is 0.265 e. The third-order valence-corrected chi connectivity index (χ3v) is 4.76. The Morgan fingerprint density at radius 3 is 2.76 bits per heavy atom. The van der Waals surface area contributed by atoms with E-state index in [9.17, 15) is 4.79 Å². The van der Waals surface area contributed by atoms with Gasteiger partial charge in [-0.05, 0) is 25.2 Å². The fraction of sp³-hybridized carbons (Fsp3) is 0.714. The van der Waals surface area contributed by atoms with Gasteiger partial charge in [-0.25, -0.2) is 4.98 Å². The third kappa shape index (κ3) is 4.07. The number of nitrogen functional groups attached to an aromatic ring is 1. The topological polar surface area (TPSA) is 89.3 Å². The van der Waals surface area contributed by atoms with Crippen molar-refractivity contribution in [3.05, 3.63) is 4.88 Å². The van der Waals surface area contributed by atoms with Gasteiger partial charge in [-0.2, -0.15) is 0 Å². The van der Waals surface area contributed by atoms with Crippen molar-refractivity contribution in [2.24, 2.45) is 5.92 Å². The van der Waals surface area contributed by atoms with E-state index in [0.29, 0.717) is 23.3 Å². The Labute approximate surface area is 129 Å². The average molecular weight is 312 g/mol. The Bertz CT molecular complexity index is 485. The molecule has 0 radical (unpaired) electrons. The van der Waals surface area contributed by atoms with E-state index in [2.05, 4.69) is 15.6 Å². The van der Waals surface area contributed by atoms with Crippen LogP contribution in [0.1, 0.15) is 42.8 Å². The Kier molecular flexibility index (Phi) is 5.41. The zero-order valence-electron chi connectivity index (χ0n) is 12.8. The largest absolute Gasteiger partial charge is 0.383 e.